The maximum atomic E-state index is 12.7. The Hall–Kier alpha value is -1.48. The Labute approximate surface area is 154 Å². The zero-order chi connectivity index (χ0) is 18.6. The van der Waals surface area contributed by atoms with Gasteiger partial charge in [0.15, 0.2) is 0 Å². The number of carbonyl (C=O) groups excluding carboxylic acids is 1. The number of carbonyl (C=O) groups is 1. The van der Waals surface area contributed by atoms with E-state index < -0.39 is 10.0 Å². The lowest BCUT2D eigenvalue weighted by molar-refractivity contribution is 0.0499. The smallest absolute Gasteiger partial charge is 0.253 e. The first-order valence-electron chi connectivity index (χ1n) is 9.16. The van der Waals surface area contributed by atoms with Crippen molar-refractivity contribution in [3.8, 4) is 0 Å². The number of hydrogen-bond donors (Lipinski definition) is 3. The van der Waals surface area contributed by atoms with Crippen LogP contribution in [0.1, 0.15) is 36.0 Å². The molecule has 1 heterocycles. The second kappa shape index (κ2) is 8.04. The topological polar surface area (TPSA) is 98.7 Å². The van der Waals surface area contributed by atoms with Crippen LogP contribution in [0.15, 0.2) is 29.2 Å². The van der Waals surface area contributed by atoms with Gasteiger partial charge in [-0.05, 0) is 44.0 Å². The molecule has 8 heteroatoms. The van der Waals surface area contributed by atoms with E-state index in [0.29, 0.717) is 18.7 Å². The monoisotopic (exact) mass is 381 g/mol. The summed E-state index contributed by atoms with van der Waals surface area (Å²) < 4.78 is 27.8. The summed E-state index contributed by atoms with van der Waals surface area (Å²) in [6, 6.07) is 6.19. The summed E-state index contributed by atoms with van der Waals surface area (Å²) in [5.74, 6) is -0.142. The highest BCUT2D eigenvalue weighted by atomic mass is 32.2. The van der Waals surface area contributed by atoms with Gasteiger partial charge in [0.25, 0.3) is 5.91 Å². The quantitative estimate of drug-likeness (QED) is 0.669. The van der Waals surface area contributed by atoms with Crippen LogP contribution in [0.5, 0.6) is 0 Å². The van der Waals surface area contributed by atoms with Gasteiger partial charge in [-0.15, -0.1) is 0 Å². The predicted octanol–water partition coefficient (Wildman–Crippen LogP) is 0.563. The predicted molar refractivity (Wildman–Crippen MR) is 98.4 cm³/mol. The molecule has 3 rings (SSSR count). The van der Waals surface area contributed by atoms with Crippen molar-refractivity contribution >= 4 is 15.9 Å². The van der Waals surface area contributed by atoms with Gasteiger partial charge in [-0.3, -0.25) is 4.79 Å². The molecule has 144 valence electrons. The van der Waals surface area contributed by atoms with Crippen LogP contribution in [0.2, 0.25) is 0 Å². The molecule has 2 aliphatic rings. The lowest BCUT2D eigenvalue weighted by Crippen LogP contribution is -2.44. The number of aliphatic hydroxyl groups is 1. The Morgan fingerprint density at radius 3 is 2.73 bits per heavy atom. The molecule has 0 unspecified atom stereocenters. The Morgan fingerprint density at radius 1 is 1.23 bits per heavy atom. The highest BCUT2D eigenvalue weighted by molar-refractivity contribution is 7.89. The molecule has 2 fully saturated rings. The number of nitrogens with zero attached hydrogens (tertiary/aromatic N) is 1. The molecule has 1 saturated carbocycles. The van der Waals surface area contributed by atoms with Gasteiger partial charge >= 0.3 is 0 Å². The van der Waals surface area contributed by atoms with Gasteiger partial charge in [0, 0.05) is 43.8 Å². The molecule has 1 aliphatic carbocycles. The SMILES string of the molecule is O=C(c1cccc(S(=O)(=O)NCC2(CO)CCC2)c1)N1CCCNCC1. The molecule has 1 saturated heterocycles. The van der Waals surface area contributed by atoms with Crippen LogP contribution in [0.4, 0.5) is 0 Å². The first kappa shape index (κ1) is 19.3. The van der Waals surface area contributed by atoms with Gasteiger partial charge in [0.05, 0.1) is 4.90 Å². The number of aliphatic hydroxyl groups excluding tert-OH is 1. The molecule has 0 aromatic heterocycles. The van der Waals surface area contributed by atoms with Crippen LogP contribution in [-0.2, 0) is 10.0 Å². The molecule has 7 nitrogen and oxygen atoms in total. The van der Waals surface area contributed by atoms with Crippen LogP contribution in [0.3, 0.4) is 0 Å². The van der Waals surface area contributed by atoms with Crippen molar-refractivity contribution < 1.29 is 18.3 Å². The molecule has 1 aromatic carbocycles. The summed E-state index contributed by atoms with van der Waals surface area (Å²) in [5.41, 5.74) is 0.0507. The average molecular weight is 381 g/mol. The van der Waals surface area contributed by atoms with Crippen LogP contribution in [0, 0.1) is 5.41 Å². The van der Waals surface area contributed by atoms with E-state index in [2.05, 4.69) is 10.0 Å². The maximum Gasteiger partial charge on any atom is 0.253 e. The molecule has 0 atom stereocenters. The largest absolute Gasteiger partial charge is 0.396 e. The van der Waals surface area contributed by atoms with E-state index in [1.807, 2.05) is 0 Å². The summed E-state index contributed by atoms with van der Waals surface area (Å²) in [7, 11) is -3.72. The zero-order valence-corrected chi connectivity index (χ0v) is 15.7. The van der Waals surface area contributed by atoms with Crippen LogP contribution in [0.25, 0.3) is 0 Å². The highest BCUT2D eigenvalue weighted by Gasteiger charge is 2.37. The molecule has 1 aliphatic heterocycles. The normalized spacial score (nSPS) is 20.3. The van der Waals surface area contributed by atoms with Gasteiger partial charge in [-0.1, -0.05) is 12.5 Å². The summed E-state index contributed by atoms with van der Waals surface area (Å²) in [5, 5.41) is 12.7. The van der Waals surface area contributed by atoms with Crippen molar-refractivity contribution in [3.05, 3.63) is 29.8 Å². The van der Waals surface area contributed by atoms with Crippen molar-refractivity contribution in [2.45, 2.75) is 30.6 Å². The number of benzene rings is 1. The first-order chi connectivity index (χ1) is 12.5. The second-order valence-corrected chi connectivity index (χ2v) is 9.03. The van der Waals surface area contributed by atoms with E-state index in [1.54, 1.807) is 17.0 Å². The Bertz CT molecular complexity index is 733. The van der Waals surface area contributed by atoms with Gasteiger partial charge in [-0.2, -0.15) is 0 Å². The fourth-order valence-corrected chi connectivity index (χ4v) is 4.63. The van der Waals surface area contributed by atoms with E-state index in [1.165, 1.54) is 12.1 Å². The highest BCUT2D eigenvalue weighted by Crippen LogP contribution is 2.39. The maximum absolute atomic E-state index is 12.7. The Balaban J connectivity index is 1.72. The van der Waals surface area contributed by atoms with E-state index >= 15 is 0 Å². The molecule has 0 bridgehead atoms. The number of hydrogen-bond acceptors (Lipinski definition) is 5. The summed E-state index contributed by atoms with van der Waals surface area (Å²) >= 11 is 0. The van der Waals surface area contributed by atoms with Crippen LogP contribution >= 0.6 is 0 Å². The minimum absolute atomic E-state index is 0.0168. The van der Waals surface area contributed by atoms with Crippen molar-refractivity contribution in [2.24, 2.45) is 5.41 Å². The van der Waals surface area contributed by atoms with E-state index in [0.717, 1.165) is 38.8 Å². The minimum atomic E-state index is -3.72. The third kappa shape index (κ3) is 4.25. The summed E-state index contributed by atoms with van der Waals surface area (Å²) in [4.78, 5) is 14.5. The molecule has 26 heavy (non-hydrogen) atoms. The third-order valence-corrected chi connectivity index (χ3v) is 6.80. The fraction of sp³-hybridized carbons (Fsp3) is 0.611. The molecular formula is C18H27N3O4S. The van der Waals surface area contributed by atoms with Crippen molar-refractivity contribution in [2.75, 3.05) is 39.3 Å². The van der Waals surface area contributed by atoms with Crippen molar-refractivity contribution in [1.29, 1.82) is 0 Å². The first-order valence-corrected chi connectivity index (χ1v) is 10.6. The van der Waals surface area contributed by atoms with Crippen LogP contribution in [-0.4, -0.2) is 63.7 Å². The Kier molecular flexibility index (Phi) is 5.96. The molecule has 0 spiro atoms. The molecule has 3 N–H and O–H groups in total. The van der Waals surface area contributed by atoms with Gasteiger partial charge < -0.3 is 15.3 Å². The summed E-state index contributed by atoms with van der Waals surface area (Å²) in [6.07, 6.45) is 3.55. The molecule has 1 aromatic rings. The number of rotatable bonds is 6. The lowest BCUT2D eigenvalue weighted by Gasteiger charge is -2.40. The molecular weight excluding hydrogens is 354 g/mol. The standard InChI is InChI=1S/C18H27N3O4S/c22-14-18(6-2-7-18)13-20-26(24,25)16-5-1-4-15(12-16)17(23)21-10-3-8-19-9-11-21/h1,4-5,12,19-20,22H,2-3,6-11,13-14H2. The number of amides is 1. The van der Waals surface area contributed by atoms with E-state index in [4.69, 9.17) is 0 Å². The van der Waals surface area contributed by atoms with Crippen LogP contribution < -0.4 is 10.0 Å². The Morgan fingerprint density at radius 2 is 2.04 bits per heavy atom. The van der Waals surface area contributed by atoms with Crippen molar-refractivity contribution in [1.82, 2.24) is 14.9 Å². The molecule has 1 amide bonds. The van der Waals surface area contributed by atoms with Gasteiger partial charge in [-0.25, -0.2) is 13.1 Å². The fourth-order valence-electron chi connectivity index (χ4n) is 3.43. The van der Waals surface area contributed by atoms with Crippen molar-refractivity contribution in [3.63, 3.8) is 0 Å². The van der Waals surface area contributed by atoms with E-state index in [9.17, 15) is 18.3 Å². The third-order valence-electron chi connectivity index (χ3n) is 5.41. The average Bonchev–Trinajstić information content (AvgIpc) is 2.90. The van der Waals surface area contributed by atoms with E-state index in [-0.39, 0.29) is 29.4 Å². The molecule has 0 radical (unpaired) electrons. The number of nitrogens with one attached hydrogen (secondary N) is 2. The second-order valence-electron chi connectivity index (χ2n) is 7.26. The number of sulfonamides is 1. The van der Waals surface area contributed by atoms with Gasteiger partial charge in [0.1, 0.15) is 0 Å². The van der Waals surface area contributed by atoms with Gasteiger partial charge in [0.2, 0.25) is 10.0 Å². The summed E-state index contributed by atoms with van der Waals surface area (Å²) in [6.45, 7) is 3.12. The lowest BCUT2D eigenvalue weighted by atomic mass is 9.69. The minimum Gasteiger partial charge on any atom is -0.396 e. The zero-order valence-electron chi connectivity index (χ0n) is 14.9.